The number of rotatable bonds is 7. The number of nitrogens with zero attached hydrogens (tertiary/aromatic N) is 1. The second-order valence-corrected chi connectivity index (χ2v) is 9.87. The van der Waals surface area contributed by atoms with Crippen molar-refractivity contribution in [3.05, 3.63) is 93.5 Å². The summed E-state index contributed by atoms with van der Waals surface area (Å²) in [6, 6.07) is 17.9. The lowest BCUT2D eigenvalue weighted by atomic mass is 10.2. The van der Waals surface area contributed by atoms with E-state index in [1.54, 1.807) is 50.2 Å². The molecule has 1 aliphatic rings. The molecule has 184 valence electrons. The molecule has 0 saturated carbocycles. The number of anilines is 2. The lowest BCUT2D eigenvalue weighted by molar-refractivity contribution is -0.120. The number of nitrogens with one attached hydrogen (secondary N) is 1. The van der Waals surface area contributed by atoms with Gasteiger partial charge in [0, 0.05) is 9.92 Å². The maximum Gasteiger partial charge on any atom is 0.338 e. The molecule has 0 saturated heterocycles. The summed E-state index contributed by atoms with van der Waals surface area (Å²) in [7, 11) is 0. The summed E-state index contributed by atoms with van der Waals surface area (Å²) in [6.07, 6.45) is -0.276. The number of esters is 1. The number of imide groups is 1. The average Bonchev–Trinajstić information content (AvgIpc) is 3.06. The molecule has 1 aliphatic heterocycles. The highest BCUT2D eigenvalue weighted by Gasteiger charge is 2.40. The number of benzene rings is 3. The van der Waals surface area contributed by atoms with Gasteiger partial charge in [-0.1, -0.05) is 29.4 Å². The lowest BCUT2D eigenvalue weighted by Gasteiger charge is -2.16. The molecule has 3 aromatic carbocycles. The van der Waals surface area contributed by atoms with Crippen LogP contribution in [0.25, 0.3) is 0 Å². The molecular formula is C27H23ClN2O5S. The number of amides is 2. The van der Waals surface area contributed by atoms with Gasteiger partial charge in [-0.2, -0.15) is 0 Å². The molecule has 0 atom stereocenters. The number of phenolic OH excluding ortho intramolecular Hbond substituents is 1. The maximum atomic E-state index is 13.5. The first-order valence-corrected chi connectivity index (χ1v) is 12.3. The zero-order valence-corrected chi connectivity index (χ0v) is 21.3. The van der Waals surface area contributed by atoms with Crippen molar-refractivity contribution >= 4 is 52.5 Å². The Morgan fingerprint density at radius 3 is 2.31 bits per heavy atom. The van der Waals surface area contributed by atoms with Crippen LogP contribution in [0.1, 0.15) is 29.8 Å². The molecule has 0 radical (unpaired) electrons. The normalized spacial score (nSPS) is 13.5. The maximum absolute atomic E-state index is 13.5. The molecule has 9 heteroatoms. The third-order valence-corrected chi connectivity index (χ3v) is 6.53. The van der Waals surface area contributed by atoms with Gasteiger partial charge < -0.3 is 15.2 Å². The Balaban J connectivity index is 1.70. The van der Waals surface area contributed by atoms with Gasteiger partial charge in [-0.25, -0.2) is 9.69 Å². The third kappa shape index (κ3) is 5.40. The number of carbonyl (C=O) groups excluding carboxylic acids is 3. The number of ether oxygens (including phenoxy) is 1. The minimum atomic E-state index is -0.588. The van der Waals surface area contributed by atoms with E-state index in [4.69, 9.17) is 16.3 Å². The van der Waals surface area contributed by atoms with E-state index in [1.807, 2.05) is 6.92 Å². The zero-order chi connectivity index (χ0) is 26.0. The average molecular weight is 523 g/mol. The Bertz CT molecular complexity index is 1370. The second kappa shape index (κ2) is 10.5. The minimum absolute atomic E-state index is 0.0316. The van der Waals surface area contributed by atoms with E-state index < -0.39 is 17.8 Å². The summed E-state index contributed by atoms with van der Waals surface area (Å²) < 4.78 is 5.20. The lowest BCUT2D eigenvalue weighted by Crippen LogP contribution is -2.32. The summed E-state index contributed by atoms with van der Waals surface area (Å²) in [4.78, 5) is 41.1. The fourth-order valence-electron chi connectivity index (χ4n) is 3.48. The number of halogens is 1. The Morgan fingerprint density at radius 1 is 1.00 bits per heavy atom. The van der Waals surface area contributed by atoms with Crippen LogP contribution in [0.4, 0.5) is 11.4 Å². The van der Waals surface area contributed by atoms with Gasteiger partial charge >= 0.3 is 5.97 Å². The van der Waals surface area contributed by atoms with Gasteiger partial charge in [0.15, 0.2) is 0 Å². The molecule has 1 heterocycles. The van der Waals surface area contributed by atoms with Crippen molar-refractivity contribution in [2.45, 2.75) is 31.8 Å². The SMILES string of the molecule is Cc1ccc(O)c(NC2=C(Sc3ccc(Cl)cc3)C(=O)N(c3ccc(C(=O)OC(C)C)cc3)C2=O)c1. The number of hydrogen-bond donors (Lipinski definition) is 2. The van der Waals surface area contributed by atoms with Gasteiger partial charge in [0.05, 0.1) is 23.0 Å². The first-order valence-electron chi connectivity index (χ1n) is 11.1. The molecular weight excluding hydrogens is 500 g/mol. The molecule has 0 unspecified atom stereocenters. The smallest absolute Gasteiger partial charge is 0.338 e. The van der Waals surface area contributed by atoms with Crippen molar-refractivity contribution < 1.29 is 24.2 Å². The van der Waals surface area contributed by atoms with Crippen molar-refractivity contribution in [3.63, 3.8) is 0 Å². The van der Waals surface area contributed by atoms with Crippen molar-refractivity contribution in [3.8, 4) is 5.75 Å². The zero-order valence-electron chi connectivity index (χ0n) is 19.7. The van der Waals surface area contributed by atoms with Crippen molar-refractivity contribution in [1.82, 2.24) is 0 Å². The van der Waals surface area contributed by atoms with Gasteiger partial charge in [-0.05, 0) is 87.0 Å². The topological polar surface area (TPSA) is 95.9 Å². The van der Waals surface area contributed by atoms with E-state index in [2.05, 4.69) is 5.32 Å². The molecule has 36 heavy (non-hydrogen) atoms. The summed E-state index contributed by atoms with van der Waals surface area (Å²) >= 11 is 7.10. The molecule has 7 nitrogen and oxygen atoms in total. The summed E-state index contributed by atoms with van der Waals surface area (Å²) in [5, 5.41) is 13.8. The van der Waals surface area contributed by atoms with E-state index in [0.29, 0.717) is 26.9 Å². The Morgan fingerprint density at radius 2 is 1.67 bits per heavy atom. The van der Waals surface area contributed by atoms with Crippen molar-refractivity contribution in [2.24, 2.45) is 0 Å². The summed E-state index contributed by atoms with van der Waals surface area (Å²) in [6.45, 7) is 5.35. The molecule has 0 aromatic heterocycles. The van der Waals surface area contributed by atoms with Gasteiger partial charge in [0.1, 0.15) is 16.4 Å². The molecule has 3 aromatic rings. The Hall–Kier alpha value is -3.75. The van der Waals surface area contributed by atoms with Crippen LogP contribution in [0.2, 0.25) is 5.02 Å². The standard InChI is InChI=1S/C27H23ClN2O5S/c1-15(2)35-27(34)17-5-9-19(10-6-17)30-25(32)23(29-21-14-16(3)4-13-22(21)31)24(26(30)33)36-20-11-7-18(28)8-12-20/h4-15,29,31H,1-3H3. The first kappa shape index (κ1) is 25.3. The van der Waals surface area contributed by atoms with Crippen LogP contribution in [-0.2, 0) is 14.3 Å². The van der Waals surface area contributed by atoms with Crippen LogP contribution in [0.15, 0.2) is 82.2 Å². The number of thioether (sulfide) groups is 1. The Kier molecular flexibility index (Phi) is 7.37. The number of hydrogen-bond acceptors (Lipinski definition) is 7. The predicted molar refractivity (Wildman–Crippen MR) is 140 cm³/mol. The quantitative estimate of drug-likeness (QED) is 0.226. The van der Waals surface area contributed by atoms with E-state index in [-0.39, 0.29) is 22.5 Å². The van der Waals surface area contributed by atoms with Crippen LogP contribution in [-0.4, -0.2) is 29.0 Å². The fraction of sp³-hybridized carbons (Fsp3) is 0.148. The van der Waals surface area contributed by atoms with Crippen molar-refractivity contribution in [1.29, 1.82) is 0 Å². The highest BCUT2D eigenvalue weighted by Crippen LogP contribution is 2.39. The van der Waals surface area contributed by atoms with E-state index >= 15 is 0 Å². The monoisotopic (exact) mass is 522 g/mol. The largest absolute Gasteiger partial charge is 0.506 e. The van der Waals surface area contributed by atoms with Gasteiger partial charge in [0.2, 0.25) is 0 Å². The van der Waals surface area contributed by atoms with Gasteiger partial charge in [0.25, 0.3) is 11.8 Å². The molecule has 4 rings (SSSR count). The van der Waals surface area contributed by atoms with Crippen LogP contribution in [0.5, 0.6) is 5.75 Å². The molecule has 0 aliphatic carbocycles. The number of aromatic hydroxyl groups is 1. The summed E-state index contributed by atoms with van der Waals surface area (Å²) in [5.74, 6) is -1.68. The molecule has 0 spiro atoms. The van der Waals surface area contributed by atoms with Crippen molar-refractivity contribution in [2.75, 3.05) is 10.2 Å². The molecule has 0 bridgehead atoms. The number of phenols is 1. The molecule has 2 N–H and O–H groups in total. The molecule has 0 fully saturated rings. The van der Waals surface area contributed by atoms with Gasteiger partial charge in [-0.15, -0.1) is 0 Å². The van der Waals surface area contributed by atoms with Gasteiger partial charge in [-0.3, -0.25) is 9.59 Å². The fourth-order valence-corrected chi connectivity index (χ4v) is 4.54. The highest BCUT2D eigenvalue weighted by atomic mass is 35.5. The molecule has 2 amide bonds. The van der Waals surface area contributed by atoms with Crippen LogP contribution >= 0.6 is 23.4 Å². The van der Waals surface area contributed by atoms with Crippen LogP contribution in [0.3, 0.4) is 0 Å². The van der Waals surface area contributed by atoms with E-state index in [0.717, 1.165) is 22.2 Å². The van der Waals surface area contributed by atoms with E-state index in [1.165, 1.54) is 30.3 Å². The van der Waals surface area contributed by atoms with E-state index in [9.17, 15) is 19.5 Å². The second-order valence-electron chi connectivity index (χ2n) is 8.35. The Labute approximate surface area is 217 Å². The summed E-state index contributed by atoms with van der Waals surface area (Å²) in [5.41, 5.74) is 1.79. The third-order valence-electron chi connectivity index (χ3n) is 5.19. The predicted octanol–water partition coefficient (Wildman–Crippen LogP) is 5.91. The number of carbonyl (C=O) groups is 3. The van der Waals surface area contributed by atoms with Crippen LogP contribution in [0, 0.1) is 6.92 Å². The van der Waals surface area contributed by atoms with Crippen LogP contribution < -0.4 is 10.2 Å². The number of aryl methyl sites for hydroxylation is 1. The highest BCUT2D eigenvalue weighted by molar-refractivity contribution is 8.04. The minimum Gasteiger partial charge on any atom is -0.506 e. The first-order chi connectivity index (χ1) is 17.1.